The van der Waals surface area contributed by atoms with E-state index < -0.39 is 6.29 Å². The predicted octanol–water partition coefficient (Wildman–Crippen LogP) is 2.76. The Hall–Kier alpha value is -1.64. The molecule has 2 heteroatoms. The highest BCUT2D eigenvalue weighted by Gasteiger charge is 2.33. The Morgan fingerprint density at radius 2 is 1.41 bits per heavy atom. The van der Waals surface area contributed by atoms with Crippen LogP contribution in [0, 0.1) is 0 Å². The van der Waals surface area contributed by atoms with E-state index in [1.165, 1.54) is 18.2 Å². The van der Waals surface area contributed by atoms with E-state index in [-0.39, 0.29) is 5.92 Å². The van der Waals surface area contributed by atoms with Crippen molar-refractivity contribution in [2.75, 3.05) is 7.11 Å². The lowest BCUT2D eigenvalue weighted by atomic mass is 9.96. The molecule has 0 heterocycles. The van der Waals surface area contributed by atoms with Gasteiger partial charge in [0.1, 0.15) is 0 Å². The third-order valence-electron chi connectivity index (χ3n) is 3.41. The van der Waals surface area contributed by atoms with Crippen LogP contribution in [0.5, 0.6) is 0 Å². The number of aliphatic hydroxyl groups excluding tert-OH is 1. The number of methoxy groups -OCH3 is 1. The minimum absolute atomic E-state index is 0.0765. The maximum Gasteiger partial charge on any atom is 0.165 e. The van der Waals surface area contributed by atoms with E-state index >= 15 is 0 Å². The summed E-state index contributed by atoms with van der Waals surface area (Å²) < 4.78 is 5.10. The lowest BCUT2D eigenvalue weighted by Gasteiger charge is -2.18. The standard InChI is InChI=1S/C15H14O2/c1-17-15(16)14-12-8-4-2-6-10(12)11-7-3-5-9-13(11)14/h2-9,14-16H,1H3. The molecule has 0 aromatic heterocycles. The first-order chi connectivity index (χ1) is 8.33. The molecule has 1 aliphatic rings. The van der Waals surface area contributed by atoms with Crippen molar-refractivity contribution in [3.05, 3.63) is 59.7 Å². The van der Waals surface area contributed by atoms with Crippen LogP contribution >= 0.6 is 0 Å². The molecule has 0 bridgehead atoms. The van der Waals surface area contributed by atoms with E-state index in [2.05, 4.69) is 24.3 Å². The van der Waals surface area contributed by atoms with Crippen molar-refractivity contribution in [3.63, 3.8) is 0 Å². The van der Waals surface area contributed by atoms with Gasteiger partial charge in [-0.25, -0.2) is 0 Å². The number of aliphatic hydroxyl groups is 1. The fourth-order valence-electron chi connectivity index (χ4n) is 2.64. The number of hydrogen-bond acceptors (Lipinski definition) is 2. The molecule has 0 saturated carbocycles. The van der Waals surface area contributed by atoms with E-state index in [4.69, 9.17) is 4.74 Å². The number of hydrogen-bond donors (Lipinski definition) is 1. The van der Waals surface area contributed by atoms with E-state index in [1.54, 1.807) is 0 Å². The summed E-state index contributed by atoms with van der Waals surface area (Å²) in [6, 6.07) is 16.4. The third kappa shape index (κ3) is 1.49. The average molecular weight is 226 g/mol. The zero-order valence-corrected chi connectivity index (χ0v) is 9.63. The first-order valence-electron chi connectivity index (χ1n) is 5.72. The highest BCUT2D eigenvalue weighted by Crippen LogP contribution is 2.45. The van der Waals surface area contributed by atoms with Crippen LogP contribution in [0.15, 0.2) is 48.5 Å². The van der Waals surface area contributed by atoms with Crippen LogP contribution in [0.25, 0.3) is 11.1 Å². The Balaban J connectivity index is 2.23. The first kappa shape index (κ1) is 10.5. The van der Waals surface area contributed by atoms with Gasteiger partial charge in [0, 0.05) is 7.11 Å². The van der Waals surface area contributed by atoms with Crippen LogP contribution in [-0.2, 0) is 4.74 Å². The molecule has 17 heavy (non-hydrogen) atoms. The molecule has 86 valence electrons. The van der Waals surface area contributed by atoms with Gasteiger partial charge in [-0.05, 0) is 22.3 Å². The van der Waals surface area contributed by atoms with Gasteiger partial charge in [0.2, 0.25) is 0 Å². The Bertz CT molecular complexity index is 503. The molecular weight excluding hydrogens is 212 g/mol. The van der Waals surface area contributed by atoms with Gasteiger partial charge in [-0.1, -0.05) is 48.5 Å². The summed E-state index contributed by atoms with van der Waals surface area (Å²) in [4.78, 5) is 0. The van der Waals surface area contributed by atoms with E-state index in [9.17, 15) is 5.11 Å². The lowest BCUT2D eigenvalue weighted by molar-refractivity contribution is -0.0828. The van der Waals surface area contributed by atoms with Gasteiger partial charge in [0.05, 0.1) is 5.92 Å². The van der Waals surface area contributed by atoms with E-state index in [0.29, 0.717) is 0 Å². The number of fused-ring (bicyclic) bond motifs is 3. The molecule has 0 spiro atoms. The molecule has 0 saturated heterocycles. The molecule has 0 amide bonds. The van der Waals surface area contributed by atoms with Crippen LogP contribution < -0.4 is 0 Å². The van der Waals surface area contributed by atoms with Crippen molar-refractivity contribution in [2.24, 2.45) is 0 Å². The normalized spacial score (nSPS) is 15.4. The Labute approximate surface area is 100 Å². The maximum absolute atomic E-state index is 10.0. The number of benzene rings is 2. The van der Waals surface area contributed by atoms with Gasteiger partial charge in [-0.2, -0.15) is 0 Å². The molecule has 2 aromatic carbocycles. The zero-order valence-electron chi connectivity index (χ0n) is 9.63. The van der Waals surface area contributed by atoms with E-state index in [1.807, 2.05) is 24.3 Å². The van der Waals surface area contributed by atoms with Gasteiger partial charge in [0.15, 0.2) is 6.29 Å². The second kappa shape index (κ2) is 3.99. The second-order valence-corrected chi connectivity index (χ2v) is 4.28. The minimum atomic E-state index is -0.792. The minimum Gasteiger partial charge on any atom is -0.367 e. The summed E-state index contributed by atoms with van der Waals surface area (Å²) >= 11 is 0. The largest absolute Gasteiger partial charge is 0.367 e. The molecule has 1 unspecified atom stereocenters. The fourth-order valence-corrected chi connectivity index (χ4v) is 2.64. The topological polar surface area (TPSA) is 29.5 Å². The van der Waals surface area contributed by atoms with Crippen molar-refractivity contribution < 1.29 is 9.84 Å². The summed E-state index contributed by atoms with van der Waals surface area (Å²) in [5, 5.41) is 10.0. The molecule has 2 nitrogen and oxygen atoms in total. The van der Waals surface area contributed by atoms with Gasteiger partial charge in [0.25, 0.3) is 0 Å². The van der Waals surface area contributed by atoms with Crippen LogP contribution in [0.4, 0.5) is 0 Å². The maximum atomic E-state index is 10.0. The van der Waals surface area contributed by atoms with Crippen LogP contribution in [0.3, 0.4) is 0 Å². The summed E-state index contributed by atoms with van der Waals surface area (Å²) in [7, 11) is 1.54. The molecule has 3 rings (SSSR count). The number of ether oxygens (including phenoxy) is 1. The summed E-state index contributed by atoms with van der Waals surface area (Å²) in [5.41, 5.74) is 4.68. The van der Waals surface area contributed by atoms with E-state index in [0.717, 1.165) is 11.1 Å². The first-order valence-corrected chi connectivity index (χ1v) is 5.72. The van der Waals surface area contributed by atoms with Crippen molar-refractivity contribution in [1.29, 1.82) is 0 Å². The molecular formula is C15H14O2. The van der Waals surface area contributed by atoms with Gasteiger partial charge >= 0.3 is 0 Å². The Morgan fingerprint density at radius 3 is 1.88 bits per heavy atom. The van der Waals surface area contributed by atoms with Gasteiger partial charge in [-0.3, -0.25) is 0 Å². The summed E-state index contributed by atoms with van der Waals surface area (Å²) in [5.74, 6) is -0.0765. The second-order valence-electron chi connectivity index (χ2n) is 4.28. The van der Waals surface area contributed by atoms with Crippen LogP contribution in [0.2, 0.25) is 0 Å². The molecule has 1 aliphatic carbocycles. The predicted molar refractivity (Wildman–Crippen MR) is 66.7 cm³/mol. The number of rotatable bonds is 2. The Kier molecular flexibility index (Phi) is 2.46. The quantitative estimate of drug-likeness (QED) is 0.798. The monoisotopic (exact) mass is 226 g/mol. The molecule has 0 fully saturated rings. The molecule has 0 radical (unpaired) electrons. The highest BCUT2D eigenvalue weighted by molar-refractivity contribution is 5.78. The van der Waals surface area contributed by atoms with Crippen molar-refractivity contribution in [1.82, 2.24) is 0 Å². The van der Waals surface area contributed by atoms with Gasteiger partial charge < -0.3 is 9.84 Å². The Morgan fingerprint density at radius 1 is 0.941 bits per heavy atom. The lowest BCUT2D eigenvalue weighted by Crippen LogP contribution is -2.19. The molecule has 1 atom stereocenters. The van der Waals surface area contributed by atoms with Crippen molar-refractivity contribution in [3.8, 4) is 11.1 Å². The molecule has 1 N–H and O–H groups in total. The fraction of sp³-hybridized carbons (Fsp3) is 0.200. The third-order valence-corrected chi connectivity index (χ3v) is 3.41. The van der Waals surface area contributed by atoms with Crippen molar-refractivity contribution in [2.45, 2.75) is 12.2 Å². The smallest absolute Gasteiger partial charge is 0.165 e. The summed E-state index contributed by atoms with van der Waals surface area (Å²) in [6.45, 7) is 0. The van der Waals surface area contributed by atoms with Crippen molar-refractivity contribution >= 4 is 0 Å². The zero-order chi connectivity index (χ0) is 11.8. The average Bonchev–Trinajstić information content (AvgIpc) is 2.72. The van der Waals surface area contributed by atoms with Crippen LogP contribution in [-0.4, -0.2) is 18.5 Å². The summed E-state index contributed by atoms with van der Waals surface area (Å²) in [6.07, 6.45) is -0.792. The molecule has 2 aromatic rings. The highest BCUT2D eigenvalue weighted by atomic mass is 16.6. The molecule has 0 aliphatic heterocycles. The SMILES string of the molecule is COC(O)C1c2ccccc2-c2ccccc21. The van der Waals surface area contributed by atoms with Crippen LogP contribution in [0.1, 0.15) is 17.0 Å². The van der Waals surface area contributed by atoms with Gasteiger partial charge in [-0.15, -0.1) is 0 Å².